The quantitative estimate of drug-likeness (QED) is 0.773. The first-order valence-corrected chi connectivity index (χ1v) is 6.00. The van der Waals surface area contributed by atoms with Crippen LogP contribution in [-0.4, -0.2) is 25.2 Å². The SMILES string of the molecule is COc1ccc(OC(C)C(=O)NC2CC2)cc1N. The van der Waals surface area contributed by atoms with Gasteiger partial charge in [0.25, 0.3) is 5.91 Å². The number of hydrogen-bond donors (Lipinski definition) is 2. The predicted octanol–water partition coefficient (Wildman–Crippen LogP) is 1.32. The Labute approximate surface area is 106 Å². The Morgan fingerprint density at radius 1 is 1.50 bits per heavy atom. The van der Waals surface area contributed by atoms with Gasteiger partial charge in [-0.05, 0) is 31.9 Å². The summed E-state index contributed by atoms with van der Waals surface area (Å²) in [6.45, 7) is 1.72. The van der Waals surface area contributed by atoms with Crippen molar-refractivity contribution in [3.05, 3.63) is 18.2 Å². The number of benzene rings is 1. The van der Waals surface area contributed by atoms with Gasteiger partial charge in [0, 0.05) is 12.1 Å². The molecule has 5 heteroatoms. The Hall–Kier alpha value is -1.91. The lowest BCUT2D eigenvalue weighted by Gasteiger charge is -2.15. The van der Waals surface area contributed by atoms with E-state index in [0.717, 1.165) is 12.8 Å². The van der Waals surface area contributed by atoms with Crippen LogP contribution in [0.3, 0.4) is 0 Å². The lowest BCUT2D eigenvalue weighted by Crippen LogP contribution is -2.37. The van der Waals surface area contributed by atoms with Crippen molar-refractivity contribution in [1.29, 1.82) is 0 Å². The molecule has 0 aliphatic heterocycles. The molecule has 18 heavy (non-hydrogen) atoms. The molecule has 0 saturated heterocycles. The molecule has 0 heterocycles. The number of ether oxygens (including phenoxy) is 2. The Kier molecular flexibility index (Phi) is 3.60. The van der Waals surface area contributed by atoms with Crippen LogP contribution < -0.4 is 20.5 Å². The number of amides is 1. The molecule has 0 radical (unpaired) electrons. The number of nitrogens with one attached hydrogen (secondary N) is 1. The molecule has 1 atom stereocenters. The van der Waals surface area contributed by atoms with E-state index in [4.69, 9.17) is 15.2 Å². The summed E-state index contributed by atoms with van der Waals surface area (Å²) in [4.78, 5) is 11.7. The first kappa shape index (κ1) is 12.5. The van der Waals surface area contributed by atoms with Crippen molar-refractivity contribution in [2.75, 3.05) is 12.8 Å². The molecule has 1 aromatic rings. The average molecular weight is 250 g/mol. The number of nitrogens with two attached hydrogens (primary N) is 1. The van der Waals surface area contributed by atoms with Gasteiger partial charge in [0.15, 0.2) is 6.10 Å². The van der Waals surface area contributed by atoms with Crippen molar-refractivity contribution in [3.8, 4) is 11.5 Å². The number of nitrogen functional groups attached to an aromatic ring is 1. The number of carbonyl (C=O) groups excluding carboxylic acids is 1. The minimum Gasteiger partial charge on any atom is -0.495 e. The Morgan fingerprint density at radius 3 is 2.78 bits per heavy atom. The molecule has 1 fully saturated rings. The Morgan fingerprint density at radius 2 is 2.22 bits per heavy atom. The van der Waals surface area contributed by atoms with Crippen LogP contribution >= 0.6 is 0 Å². The van der Waals surface area contributed by atoms with E-state index < -0.39 is 6.10 Å². The largest absolute Gasteiger partial charge is 0.495 e. The molecule has 1 aromatic carbocycles. The normalized spacial score (nSPS) is 15.9. The smallest absolute Gasteiger partial charge is 0.260 e. The summed E-state index contributed by atoms with van der Waals surface area (Å²) in [7, 11) is 1.55. The number of methoxy groups -OCH3 is 1. The zero-order valence-electron chi connectivity index (χ0n) is 10.6. The number of rotatable bonds is 5. The van der Waals surface area contributed by atoms with Crippen molar-refractivity contribution < 1.29 is 14.3 Å². The average Bonchev–Trinajstić information content (AvgIpc) is 3.13. The highest BCUT2D eigenvalue weighted by Gasteiger charge is 2.26. The standard InChI is InChI=1S/C13H18N2O3/c1-8(13(16)15-9-3-4-9)18-10-5-6-12(17-2)11(14)7-10/h5-9H,3-4,14H2,1-2H3,(H,15,16). The van der Waals surface area contributed by atoms with Gasteiger partial charge in [0.05, 0.1) is 12.8 Å². The van der Waals surface area contributed by atoms with Crippen LogP contribution in [0.4, 0.5) is 5.69 Å². The zero-order chi connectivity index (χ0) is 13.1. The molecule has 1 aliphatic carbocycles. The summed E-state index contributed by atoms with van der Waals surface area (Å²) < 4.78 is 10.6. The van der Waals surface area contributed by atoms with Crippen molar-refractivity contribution in [3.63, 3.8) is 0 Å². The fourth-order valence-corrected chi connectivity index (χ4v) is 1.59. The molecule has 2 rings (SSSR count). The molecule has 3 N–H and O–H groups in total. The third-order valence-electron chi connectivity index (χ3n) is 2.81. The fraction of sp³-hybridized carbons (Fsp3) is 0.462. The maximum absolute atomic E-state index is 11.7. The van der Waals surface area contributed by atoms with Gasteiger partial charge in [0.2, 0.25) is 0 Å². The van der Waals surface area contributed by atoms with E-state index in [1.54, 1.807) is 32.2 Å². The third-order valence-corrected chi connectivity index (χ3v) is 2.81. The highest BCUT2D eigenvalue weighted by Crippen LogP contribution is 2.26. The van der Waals surface area contributed by atoms with Gasteiger partial charge < -0.3 is 20.5 Å². The van der Waals surface area contributed by atoms with E-state index in [2.05, 4.69) is 5.32 Å². The fourth-order valence-electron chi connectivity index (χ4n) is 1.59. The summed E-state index contributed by atoms with van der Waals surface area (Å²) >= 11 is 0. The molecule has 0 aromatic heterocycles. The van der Waals surface area contributed by atoms with Crippen LogP contribution in [0.2, 0.25) is 0 Å². The second-order valence-corrected chi connectivity index (χ2v) is 4.45. The van der Waals surface area contributed by atoms with Gasteiger partial charge in [0.1, 0.15) is 11.5 Å². The molecule has 0 spiro atoms. The minimum absolute atomic E-state index is 0.0908. The summed E-state index contributed by atoms with van der Waals surface area (Å²) in [6, 6.07) is 5.44. The van der Waals surface area contributed by atoms with E-state index >= 15 is 0 Å². The first-order chi connectivity index (χ1) is 8.60. The van der Waals surface area contributed by atoms with Crippen LogP contribution in [0.5, 0.6) is 11.5 Å². The molecule has 1 aliphatic rings. The van der Waals surface area contributed by atoms with Crippen molar-refractivity contribution in [2.45, 2.75) is 31.9 Å². The highest BCUT2D eigenvalue weighted by atomic mass is 16.5. The number of anilines is 1. The highest BCUT2D eigenvalue weighted by molar-refractivity contribution is 5.81. The molecule has 1 amide bonds. The van der Waals surface area contributed by atoms with E-state index in [-0.39, 0.29) is 5.91 Å². The summed E-state index contributed by atoms with van der Waals surface area (Å²) in [5.41, 5.74) is 6.26. The Balaban J connectivity index is 1.95. The lowest BCUT2D eigenvalue weighted by molar-refractivity contribution is -0.127. The van der Waals surface area contributed by atoms with Gasteiger partial charge in [-0.1, -0.05) is 0 Å². The van der Waals surface area contributed by atoms with Gasteiger partial charge in [-0.2, -0.15) is 0 Å². The van der Waals surface area contributed by atoms with Crippen LogP contribution in [0, 0.1) is 0 Å². The van der Waals surface area contributed by atoms with Crippen LogP contribution in [0.15, 0.2) is 18.2 Å². The van der Waals surface area contributed by atoms with Gasteiger partial charge in [-0.3, -0.25) is 4.79 Å². The van der Waals surface area contributed by atoms with E-state index in [1.165, 1.54) is 0 Å². The van der Waals surface area contributed by atoms with Crippen molar-refractivity contribution in [1.82, 2.24) is 5.32 Å². The second kappa shape index (κ2) is 5.16. The van der Waals surface area contributed by atoms with Crippen molar-refractivity contribution >= 4 is 11.6 Å². The Bertz CT molecular complexity index is 444. The van der Waals surface area contributed by atoms with E-state index in [0.29, 0.717) is 23.2 Å². The molecular formula is C13H18N2O3. The monoisotopic (exact) mass is 250 g/mol. The summed E-state index contributed by atoms with van der Waals surface area (Å²) in [6.07, 6.45) is 1.60. The molecule has 5 nitrogen and oxygen atoms in total. The summed E-state index contributed by atoms with van der Waals surface area (Å²) in [5.74, 6) is 1.07. The lowest BCUT2D eigenvalue weighted by atomic mass is 10.2. The van der Waals surface area contributed by atoms with E-state index in [9.17, 15) is 4.79 Å². The first-order valence-electron chi connectivity index (χ1n) is 6.00. The van der Waals surface area contributed by atoms with Gasteiger partial charge >= 0.3 is 0 Å². The van der Waals surface area contributed by atoms with Gasteiger partial charge in [-0.15, -0.1) is 0 Å². The van der Waals surface area contributed by atoms with Crippen molar-refractivity contribution in [2.24, 2.45) is 0 Å². The molecule has 0 bridgehead atoms. The maximum atomic E-state index is 11.7. The summed E-state index contributed by atoms with van der Waals surface area (Å²) in [5, 5.41) is 2.89. The maximum Gasteiger partial charge on any atom is 0.260 e. The number of hydrogen-bond acceptors (Lipinski definition) is 4. The van der Waals surface area contributed by atoms with Crippen LogP contribution in [-0.2, 0) is 4.79 Å². The minimum atomic E-state index is -0.529. The molecule has 1 unspecified atom stereocenters. The topological polar surface area (TPSA) is 73.6 Å². The van der Waals surface area contributed by atoms with E-state index in [1.807, 2.05) is 0 Å². The molecule has 1 saturated carbocycles. The van der Waals surface area contributed by atoms with Crippen LogP contribution in [0.25, 0.3) is 0 Å². The third kappa shape index (κ3) is 3.06. The molecule has 98 valence electrons. The zero-order valence-corrected chi connectivity index (χ0v) is 10.6. The number of carbonyl (C=O) groups is 1. The molecular weight excluding hydrogens is 232 g/mol. The predicted molar refractivity (Wildman–Crippen MR) is 68.7 cm³/mol. The second-order valence-electron chi connectivity index (χ2n) is 4.45. The van der Waals surface area contributed by atoms with Crippen LogP contribution in [0.1, 0.15) is 19.8 Å². The van der Waals surface area contributed by atoms with Gasteiger partial charge in [-0.25, -0.2) is 0 Å².